The van der Waals surface area contributed by atoms with Crippen LogP contribution >= 0.6 is 0 Å². The molecule has 25 heavy (non-hydrogen) atoms. The monoisotopic (exact) mass is 358 g/mol. The summed E-state index contributed by atoms with van der Waals surface area (Å²) in [6.45, 7) is 0. The number of carbonyl (C=O) groups excluding carboxylic acids is 2. The molecule has 0 spiro atoms. The third-order valence-electron chi connectivity index (χ3n) is 4.03. The lowest BCUT2D eigenvalue weighted by atomic mass is 10.0. The van der Waals surface area contributed by atoms with E-state index in [0.29, 0.717) is 0 Å². The van der Waals surface area contributed by atoms with Gasteiger partial charge in [-0.25, -0.2) is 4.79 Å². The van der Waals surface area contributed by atoms with Gasteiger partial charge in [0.25, 0.3) is 5.91 Å². The van der Waals surface area contributed by atoms with E-state index in [2.05, 4.69) is 11.2 Å². The smallest absolute Gasteiger partial charge is 0.353 e. The Morgan fingerprint density at radius 1 is 1.40 bits per heavy atom. The van der Waals surface area contributed by atoms with E-state index in [1.165, 1.54) is 0 Å². The molecule has 0 saturated carbocycles. The maximum absolute atomic E-state index is 12.3. The number of nitrogens with one attached hydrogen (secondary N) is 1. The first-order valence-corrected chi connectivity index (χ1v) is 8.79. The third kappa shape index (κ3) is 2.99. The van der Waals surface area contributed by atoms with Gasteiger partial charge in [-0.05, 0) is 16.7 Å². The van der Waals surface area contributed by atoms with E-state index in [4.69, 9.17) is 6.42 Å². The van der Waals surface area contributed by atoms with Crippen LogP contribution in [-0.2, 0) is 32.0 Å². The molecule has 0 bridgehead atoms. The van der Waals surface area contributed by atoms with Gasteiger partial charge in [0.2, 0.25) is 11.3 Å². The Kier molecular flexibility index (Phi) is 4.53. The first kappa shape index (κ1) is 17.1. The maximum Gasteiger partial charge on any atom is 0.353 e. The number of hydrogen-bond donors (Lipinski definition) is 2. The Labute approximate surface area is 146 Å². The van der Waals surface area contributed by atoms with Gasteiger partial charge >= 0.3 is 5.97 Å². The van der Waals surface area contributed by atoms with Crippen molar-refractivity contribution in [2.24, 2.45) is 0 Å². The molecule has 2 heterocycles. The molecule has 2 unspecified atom stereocenters. The number of β-lactam (4-membered cyclic amide) rings is 1. The minimum Gasteiger partial charge on any atom is -0.614 e. The van der Waals surface area contributed by atoms with Crippen LogP contribution in [-0.4, -0.2) is 49.5 Å². The number of carboxylic acids is 1. The SMILES string of the molecule is C#CC1=C(C(=O)O)N2C(=O)C(NC(=O)Cc3ccccc3)[C@H]2[S+]([O-])C1. The molecular formula is C17H14N2O5S. The van der Waals surface area contributed by atoms with Gasteiger partial charge < -0.3 is 15.0 Å². The number of aliphatic carboxylic acids is 1. The van der Waals surface area contributed by atoms with Crippen molar-refractivity contribution in [2.45, 2.75) is 17.8 Å². The predicted octanol–water partition coefficient (Wildman–Crippen LogP) is -0.384. The molecule has 0 aliphatic carbocycles. The van der Waals surface area contributed by atoms with E-state index in [1.807, 2.05) is 6.07 Å². The van der Waals surface area contributed by atoms with Gasteiger partial charge in [-0.2, -0.15) is 0 Å². The molecule has 2 aliphatic rings. The standard InChI is InChI=1S/C17H14N2O5S/c1-2-11-9-25(24)16-13(15(21)19(16)14(11)17(22)23)18-12(20)8-10-6-4-3-5-7-10/h1,3-7,13,16H,8-9H2,(H,18,20)(H,22,23)/t13?,16-,25?/m1/s1. The van der Waals surface area contributed by atoms with Gasteiger partial charge in [0.15, 0.2) is 11.7 Å². The van der Waals surface area contributed by atoms with Crippen molar-refractivity contribution < 1.29 is 24.0 Å². The second-order valence-electron chi connectivity index (χ2n) is 5.61. The highest BCUT2D eigenvalue weighted by atomic mass is 32.2. The average molecular weight is 358 g/mol. The summed E-state index contributed by atoms with van der Waals surface area (Å²) >= 11 is -1.58. The van der Waals surface area contributed by atoms with Gasteiger partial charge in [-0.1, -0.05) is 36.3 Å². The van der Waals surface area contributed by atoms with Crippen molar-refractivity contribution in [3.05, 3.63) is 47.2 Å². The number of amides is 2. The highest BCUT2D eigenvalue weighted by molar-refractivity contribution is 7.92. The fourth-order valence-electron chi connectivity index (χ4n) is 2.89. The number of hydrogen-bond acceptors (Lipinski definition) is 4. The van der Waals surface area contributed by atoms with E-state index in [0.717, 1.165) is 10.5 Å². The van der Waals surface area contributed by atoms with E-state index in [9.17, 15) is 24.0 Å². The van der Waals surface area contributed by atoms with E-state index < -0.39 is 40.4 Å². The van der Waals surface area contributed by atoms with Crippen molar-refractivity contribution in [3.8, 4) is 12.3 Å². The molecule has 3 rings (SSSR count). The number of fused-ring (bicyclic) bond motifs is 1. The summed E-state index contributed by atoms with van der Waals surface area (Å²) in [4.78, 5) is 36.8. The van der Waals surface area contributed by atoms with Gasteiger partial charge in [0, 0.05) is 0 Å². The second-order valence-corrected chi connectivity index (χ2v) is 7.14. The molecule has 8 heteroatoms. The summed E-state index contributed by atoms with van der Waals surface area (Å²) in [7, 11) is 0. The molecule has 1 aromatic rings. The molecule has 0 aromatic heterocycles. The van der Waals surface area contributed by atoms with Crippen LogP contribution in [0.5, 0.6) is 0 Å². The zero-order valence-corrected chi connectivity index (χ0v) is 13.8. The van der Waals surface area contributed by atoms with Gasteiger partial charge in [-0.3, -0.25) is 14.5 Å². The Morgan fingerprint density at radius 3 is 2.68 bits per heavy atom. The molecule has 2 amide bonds. The number of rotatable bonds is 4. The van der Waals surface area contributed by atoms with Crippen LogP contribution in [0.1, 0.15) is 5.56 Å². The summed E-state index contributed by atoms with van der Waals surface area (Å²) in [5.74, 6) is -0.312. The van der Waals surface area contributed by atoms with Crippen LogP contribution in [0.3, 0.4) is 0 Å². The first-order valence-electron chi connectivity index (χ1n) is 7.40. The van der Waals surface area contributed by atoms with Crippen molar-refractivity contribution in [2.75, 3.05) is 5.75 Å². The molecule has 1 saturated heterocycles. The molecule has 0 radical (unpaired) electrons. The Bertz CT molecular complexity index is 814. The second kappa shape index (κ2) is 6.63. The van der Waals surface area contributed by atoms with Crippen LogP contribution in [0.25, 0.3) is 0 Å². The first-order chi connectivity index (χ1) is 11.9. The van der Waals surface area contributed by atoms with E-state index in [1.54, 1.807) is 24.3 Å². The summed E-state index contributed by atoms with van der Waals surface area (Å²) in [5.41, 5.74) is 0.462. The topological polar surface area (TPSA) is 110 Å². The normalized spacial score (nSPS) is 24.9. The van der Waals surface area contributed by atoms with Crippen LogP contribution < -0.4 is 5.32 Å². The number of benzene rings is 1. The summed E-state index contributed by atoms with van der Waals surface area (Å²) < 4.78 is 12.3. The van der Waals surface area contributed by atoms with E-state index >= 15 is 0 Å². The zero-order chi connectivity index (χ0) is 18.1. The average Bonchev–Trinajstić information content (AvgIpc) is 2.59. The van der Waals surface area contributed by atoms with Crippen LogP contribution in [0.4, 0.5) is 0 Å². The van der Waals surface area contributed by atoms with Crippen LogP contribution in [0.15, 0.2) is 41.6 Å². The van der Waals surface area contributed by atoms with Gasteiger partial charge in [-0.15, -0.1) is 6.42 Å². The Hall–Kier alpha value is -2.76. The molecule has 2 N–H and O–H groups in total. The molecule has 1 fully saturated rings. The van der Waals surface area contributed by atoms with Gasteiger partial charge in [0.1, 0.15) is 5.75 Å². The van der Waals surface area contributed by atoms with Crippen molar-refractivity contribution in [1.29, 1.82) is 0 Å². The van der Waals surface area contributed by atoms with Gasteiger partial charge in [0.05, 0.1) is 12.0 Å². The van der Waals surface area contributed by atoms with Crippen LogP contribution in [0.2, 0.25) is 0 Å². The fraction of sp³-hybridized carbons (Fsp3) is 0.235. The Balaban J connectivity index is 1.76. The molecular weight excluding hydrogens is 344 g/mol. The summed E-state index contributed by atoms with van der Waals surface area (Å²) in [5, 5.41) is 10.9. The van der Waals surface area contributed by atoms with Crippen molar-refractivity contribution >= 4 is 29.0 Å². The quantitative estimate of drug-likeness (QED) is 0.433. The molecule has 2 aliphatic heterocycles. The summed E-state index contributed by atoms with van der Waals surface area (Å²) in [6, 6.07) is 7.95. The number of terminal acetylenes is 1. The maximum atomic E-state index is 12.3. The predicted molar refractivity (Wildman–Crippen MR) is 89.2 cm³/mol. The lowest BCUT2D eigenvalue weighted by molar-refractivity contribution is -0.151. The Morgan fingerprint density at radius 2 is 2.08 bits per heavy atom. The molecule has 3 atom stereocenters. The summed E-state index contributed by atoms with van der Waals surface area (Å²) in [6.07, 6.45) is 5.33. The zero-order valence-electron chi connectivity index (χ0n) is 13.0. The largest absolute Gasteiger partial charge is 0.614 e. The highest BCUT2D eigenvalue weighted by Crippen LogP contribution is 2.36. The molecule has 7 nitrogen and oxygen atoms in total. The lowest BCUT2D eigenvalue weighted by Gasteiger charge is -2.48. The van der Waals surface area contributed by atoms with Crippen molar-refractivity contribution in [3.63, 3.8) is 0 Å². The minimum atomic E-state index is -1.58. The number of carboxylic acid groups (broad SMARTS) is 1. The fourth-order valence-corrected chi connectivity index (χ4v) is 4.50. The van der Waals surface area contributed by atoms with Crippen LogP contribution in [0, 0.1) is 12.3 Å². The molecule has 1 aromatic carbocycles. The number of carbonyl (C=O) groups is 3. The molecule has 128 valence electrons. The van der Waals surface area contributed by atoms with Crippen molar-refractivity contribution in [1.82, 2.24) is 10.2 Å². The number of nitrogens with zero attached hydrogens (tertiary/aromatic N) is 1. The third-order valence-corrected chi connectivity index (χ3v) is 5.62. The minimum absolute atomic E-state index is 0.0181. The highest BCUT2D eigenvalue weighted by Gasteiger charge is 2.60. The lowest BCUT2D eigenvalue weighted by Crippen LogP contribution is -2.74. The van der Waals surface area contributed by atoms with E-state index in [-0.39, 0.29) is 23.4 Å².